The number of pyridine rings is 1. The summed E-state index contributed by atoms with van der Waals surface area (Å²) in [4.78, 5) is 18.0. The molecule has 0 aromatic carbocycles. The Kier molecular flexibility index (Phi) is 4.05. The lowest BCUT2D eigenvalue weighted by Gasteiger charge is -2.36. The molecule has 3 heterocycles. The van der Waals surface area contributed by atoms with Crippen molar-refractivity contribution in [2.45, 2.75) is 13.8 Å². The Balaban J connectivity index is 1.68. The van der Waals surface area contributed by atoms with Gasteiger partial charge in [-0.2, -0.15) is 0 Å². The number of aromatic nitrogens is 3. The van der Waals surface area contributed by atoms with Gasteiger partial charge in [0, 0.05) is 48.6 Å². The largest absolute Gasteiger partial charge is 0.353 e. The monoisotopic (exact) mass is 347 g/mol. The average Bonchev–Trinajstić information content (AvgIpc) is 2.47. The first-order valence-corrected chi connectivity index (χ1v) is 7.85. The first-order valence-electron chi connectivity index (χ1n) is 7.05. The second-order valence-corrected chi connectivity index (χ2v) is 6.14. The molecule has 0 N–H and O–H groups in total. The Labute approximate surface area is 133 Å². The third kappa shape index (κ3) is 3.32. The molecule has 0 spiro atoms. The molecule has 1 fully saturated rings. The first-order chi connectivity index (χ1) is 10.1. The Bertz CT molecular complexity index is 600. The number of piperazine rings is 1. The van der Waals surface area contributed by atoms with Crippen molar-refractivity contribution in [1.82, 2.24) is 15.0 Å². The number of aryl methyl sites for hydroxylation is 2. The Morgan fingerprint density at radius 2 is 1.62 bits per heavy atom. The van der Waals surface area contributed by atoms with Gasteiger partial charge in [-0.1, -0.05) is 0 Å². The van der Waals surface area contributed by atoms with Gasteiger partial charge in [-0.05, 0) is 41.9 Å². The van der Waals surface area contributed by atoms with Gasteiger partial charge >= 0.3 is 0 Å². The molecule has 3 rings (SSSR count). The summed E-state index contributed by atoms with van der Waals surface area (Å²) in [7, 11) is 0. The van der Waals surface area contributed by atoms with Crippen molar-refractivity contribution in [3.8, 4) is 0 Å². The van der Waals surface area contributed by atoms with Crippen LogP contribution in [0, 0.1) is 13.8 Å². The highest BCUT2D eigenvalue weighted by Gasteiger charge is 2.19. The van der Waals surface area contributed by atoms with Crippen LogP contribution in [0.1, 0.15) is 11.5 Å². The number of rotatable bonds is 2. The van der Waals surface area contributed by atoms with Crippen LogP contribution in [0.15, 0.2) is 28.9 Å². The minimum Gasteiger partial charge on any atom is -0.353 e. The molecule has 1 saturated heterocycles. The van der Waals surface area contributed by atoms with Crippen molar-refractivity contribution < 1.29 is 0 Å². The zero-order chi connectivity index (χ0) is 14.8. The Morgan fingerprint density at radius 3 is 2.19 bits per heavy atom. The molecule has 0 aliphatic carbocycles. The molecule has 2 aromatic rings. The van der Waals surface area contributed by atoms with Crippen molar-refractivity contribution in [3.63, 3.8) is 0 Å². The maximum Gasteiger partial charge on any atom is 0.132 e. The van der Waals surface area contributed by atoms with Gasteiger partial charge in [-0.15, -0.1) is 0 Å². The third-order valence-corrected chi connectivity index (χ3v) is 4.06. The molecule has 2 aromatic heterocycles. The molecule has 0 amide bonds. The summed E-state index contributed by atoms with van der Waals surface area (Å²) in [6.45, 7) is 7.77. The fraction of sp³-hybridized carbons (Fsp3) is 0.400. The van der Waals surface area contributed by atoms with Crippen LogP contribution in [-0.2, 0) is 0 Å². The molecule has 5 nitrogen and oxygen atoms in total. The van der Waals surface area contributed by atoms with Crippen LogP contribution in [0.2, 0.25) is 0 Å². The predicted molar refractivity (Wildman–Crippen MR) is 87.9 cm³/mol. The zero-order valence-electron chi connectivity index (χ0n) is 12.3. The second kappa shape index (κ2) is 5.97. The zero-order valence-corrected chi connectivity index (χ0v) is 13.8. The molecule has 1 aliphatic heterocycles. The van der Waals surface area contributed by atoms with Crippen molar-refractivity contribution in [3.05, 3.63) is 40.4 Å². The van der Waals surface area contributed by atoms with Crippen LogP contribution in [-0.4, -0.2) is 41.1 Å². The molecule has 0 unspecified atom stereocenters. The summed E-state index contributed by atoms with van der Waals surface area (Å²) in [6, 6.07) is 6.14. The van der Waals surface area contributed by atoms with E-state index in [-0.39, 0.29) is 0 Å². The van der Waals surface area contributed by atoms with Crippen molar-refractivity contribution in [1.29, 1.82) is 0 Å². The van der Waals surface area contributed by atoms with Gasteiger partial charge in [0.1, 0.15) is 17.5 Å². The van der Waals surface area contributed by atoms with E-state index in [0.29, 0.717) is 0 Å². The first kappa shape index (κ1) is 14.3. The van der Waals surface area contributed by atoms with Crippen LogP contribution in [0.25, 0.3) is 0 Å². The number of anilines is 2. The van der Waals surface area contributed by atoms with Crippen LogP contribution >= 0.6 is 15.9 Å². The second-order valence-electron chi connectivity index (χ2n) is 5.22. The smallest absolute Gasteiger partial charge is 0.132 e. The summed E-state index contributed by atoms with van der Waals surface area (Å²) in [5, 5.41) is 0. The minimum absolute atomic E-state index is 0.835. The Hall–Kier alpha value is -1.69. The number of halogens is 1. The number of hydrogen-bond acceptors (Lipinski definition) is 5. The SMILES string of the molecule is Cc1cc(N2CCN(c3ccc(Br)cn3)CC2)nc(C)n1. The lowest BCUT2D eigenvalue weighted by atomic mass is 10.3. The highest BCUT2D eigenvalue weighted by atomic mass is 79.9. The molecule has 0 bridgehead atoms. The molecule has 0 atom stereocenters. The summed E-state index contributed by atoms with van der Waals surface area (Å²) < 4.78 is 1.01. The highest BCUT2D eigenvalue weighted by molar-refractivity contribution is 9.10. The van der Waals surface area contributed by atoms with E-state index in [1.54, 1.807) is 0 Å². The standard InChI is InChI=1S/C15H18BrN5/c1-11-9-15(19-12(2)18-11)21-7-5-20(6-8-21)14-4-3-13(16)10-17-14/h3-4,9-10H,5-8H2,1-2H3. The van der Waals surface area contributed by atoms with E-state index < -0.39 is 0 Å². The fourth-order valence-corrected chi connectivity index (χ4v) is 2.81. The average molecular weight is 348 g/mol. The maximum absolute atomic E-state index is 4.54. The number of nitrogens with zero attached hydrogens (tertiary/aromatic N) is 5. The quantitative estimate of drug-likeness (QED) is 0.835. The topological polar surface area (TPSA) is 45.2 Å². The summed E-state index contributed by atoms with van der Waals surface area (Å²) in [5.74, 6) is 2.90. The maximum atomic E-state index is 4.54. The van der Waals surface area contributed by atoms with E-state index in [0.717, 1.165) is 53.8 Å². The Morgan fingerprint density at radius 1 is 0.952 bits per heavy atom. The van der Waals surface area contributed by atoms with E-state index in [4.69, 9.17) is 0 Å². The lowest BCUT2D eigenvalue weighted by Crippen LogP contribution is -2.47. The van der Waals surface area contributed by atoms with Crippen molar-refractivity contribution in [2.75, 3.05) is 36.0 Å². The van der Waals surface area contributed by atoms with Gasteiger partial charge in [0.25, 0.3) is 0 Å². The van der Waals surface area contributed by atoms with E-state index in [2.05, 4.69) is 52.8 Å². The normalized spacial score (nSPS) is 15.4. The van der Waals surface area contributed by atoms with E-state index >= 15 is 0 Å². The van der Waals surface area contributed by atoms with Crippen molar-refractivity contribution >= 4 is 27.6 Å². The van der Waals surface area contributed by atoms with Crippen molar-refractivity contribution in [2.24, 2.45) is 0 Å². The van der Waals surface area contributed by atoms with Crippen LogP contribution < -0.4 is 9.80 Å². The fourth-order valence-electron chi connectivity index (χ4n) is 2.58. The third-order valence-electron chi connectivity index (χ3n) is 3.59. The molecule has 6 heteroatoms. The van der Waals surface area contributed by atoms with Gasteiger partial charge < -0.3 is 9.80 Å². The number of hydrogen-bond donors (Lipinski definition) is 0. The molecular weight excluding hydrogens is 330 g/mol. The molecule has 110 valence electrons. The van der Waals surface area contributed by atoms with Crippen LogP contribution in [0.4, 0.5) is 11.6 Å². The van der Waals surface area contributed by atoms with Gasteiger partial charge in [0.15, 0.2) is 0 Å². The molecule has 0 radical (unpaired) electrons. The van der Waals surface area contributed by atoms with Gasteiger partial charge in [0.05, 0.1) is 0 Å². The summed E-state index contributed by atoms with van der Waals surface area (Å²) in [5.41, 5.74) is 1.02. The lowest BCUT2D eigenvalue weighted by molar-refractivity contribution is 0.639. The van der Waals surface area contributed by atoms with Gasteiger partial charge in [-0.25, -0.2) is 15.0 Å². The van der Waals surface area contributed by atoms with E-state index in [1.807, 2.05) is 26.1 Å². The predicted octanol–water partition coefficient (Wildman–Crippen LogP) is 2.58. The van der Waals surface area contributed by atoms with E-state index in [1.165, 1.54) is 0 Å². The molecule has 0 saturated carbocycles. The molecule has 21 heavy (non-hydrogen) atoms. The minimum atomic E-state index is 0.835. The van der Waals surface area contributed by atoms with Gasteiger partial charge in [0.2, 0.25) is 0 Å². The van der Waals surface area contributed by atoms with Crippen LogP contribution in [0.5, 0.6) is 0 Å². The molecular formula is C15H18BrN5. The van der Waals surface area contributed by atoms with E-state index in [9.17, 15) is 0 Å². The highest BCUT2D eigenvalue weighted by Crippen LogP contribution is 2.19. The summed E-state index contributed by atoms with van der Waals surface area (Å²) in [6.07, 6.45) is 1.85. The summed E-state index contributed by atoms with van der Waals surface area (Å²) >= 11 is 3.42. The van der Waals surface area contributed by atoms with Gasteiger partial charge in [-0.3, -0.25) is 0 Å². The van der Waals surface area contributed by atoms with Crippen LogP contribution in [0.3, 0.4) is 0 Å². The molecule has 1 aliphatic rings.